The molecule has 0 radical (unpaired) electrons. The number of H-pyrrole nitrogens is 1. The third kappa shape index (κ3) is 3.36. The van der Waals surface area contributed by atoms with Crippen LogP contribution in [-0.4, -0.2) is 21.0 Å². The average Bonchev–Trinajstić information content (AvgIpc) is 3.21. The van der Waals surface area contributed by atoms with Crippen LogP contribution in [0.1, 0.15) is 34.9 Å². The number of halogens is 1. The molecule has 2 N–H and O–H groups in total. The number of aromatic nitrogens is 2. The molecule has 0 atom stereocenters. The number of benzene rings is 1. The van der Waals surface area contributed by atoms with Gasteiger partial charge in [-0.25, -0.2) is 9.78 Å². The van der Waals surface area contributed by atoms with Crippen LogP contribution in [0.5, 0.6) is 0 Å². The molecule has 0 unspecified atom stereocenters. The first kappa shape index (κ1) is 14.3. The van der Waals surface area contributed by atoms with Crippen molar-refractivity contribution in [1.29, 1.82) is 0 Å². The van der Waals surface area contributed by atoms with E-state index in [-0.39, 0.29) is 11.1 Å². The fourth-order valence-electron chi connectivity index (χ4n) is 1.93. The van der Waals surface area contributed by atoms with Gasteiger partial charge in [-0.05, 0) is 31.0 Å². The predicted molar refractivity (Wildman–Crippen MR) is 82.1 cm³/mol. The van der Waals surface area contributed by atoms with E-state index in [0.717, 1.165) is 17.3 Å². The van der Waals surface area contributed by atoms with Gasteiger partial charge in [-0.3, -0.25) is 4.79 Å². The zero-order valence-corrected chi connectivity index (χ0v) is 13.2. The van der Waals surface area contributed by atoms with Gasteiger partial charge in [-0.15, -0.1) is 0 Å². The molecule has 3 rings (SSSR count). The molecule has 108 valence electrons. The van der Waals surface area contributed by atoms with Crippen LogP contribution in [0.15, 0.2) is 43.5 Å². The molecule has 0 aliphatic heterocycles. The quantitative estimate of drug-likeness (QED) is 0.811. The van der Waals surface area contributed by atoms with E-state index in [1.807, 2.05) is 0 Å². The van der Waals surface area contributed by atoms with Gasteiger partial charge in [-0.1, -0.05) is 27.7 Å². The van der Waals surface area contributed by atoms with E-state index < -0.39 is 5.97 Å². The normalized spacial score (nSPS) is 14.1. The Bertz CT molecular complexity index is 771. The van der Waals surface area contributed by atoms with Crippen LogP contribution in [0.25, 0.3) is 0 Å². The van der Waals surface area contributed by atoms with Crippen molar-refractivity contribution in [2.75, 3.05) is 0 Å². The van der Waals surface area contributed by atoms with Crippen LogP contribution >= 0.6 is 27.7 Å². The van der Waals surface area contributed by atoms with E-state index in [0.29, 0.717) is 21.7 Å². The molecule has 1 aromatic heterocycles. The highest BCUT2D eigenvalue weighted by Gasteiger charge is 2.26. The SMILES string of the molecule is O=C(O)c1ccc(Br)cc1Sc1cc(=O)[nH]c(C2CC2)n1. The van der Waals surface area contributed by atoms with Crippen LogP contribution in [0, 0.1) is 0 Å². The summed E-state index contributed by atoms with van der Waals surface area (Å²) >= 11 is 4.51. The molecule has 7 heteroatoms. The maximum atomic E-state index is 11.7. The molecule has 1 fully saturated rings. The highest BCUT2D eigenvalue weighted by atomic mass is 79.9. The topological polar surface area (TPSA) is 83.0 Å². The molecule has 0 spiro atoms. The lowest BCUT2D eigenvalue weighted by molar-refractivity contribution is 0.0693. The van der Waals surface area contributed by atoms with Gasteiger partial charge in [0.1, 0.15) is 10.9 Å². The highest BCUT2D eigenvalue weighted by molar-refractivity contribution is 9.10. The predicted octanol–water partition coefficient (Wildman–Crippen LogP) is 3.26. The average molecular weight is 367 g/mol. The Balaban J connectivity index is 1.98. The van der Waals surface area contributed by atoms with Crippen LogP contribution < -0.4 is 5.56 Å². The number of carboxylic acids is 1. The molecular formula is C14H11BrN2O3S. The molecule has 21 heavy (non-hydrogen) atoms. The van der Waals surface area contributed by atoms with Gasteiger partial charge < -0.3 is 10.1 Å². The van der Waals surface area contributed by atoms with E-state index in [1.165, 1.54) is 23.9 Å². The maximum absolute atomic E-state index is 11.7. The molecule has 0 saturated heterocycles. The van der Waals surface area contributed by atoms with Gasteiger partial charge in [0.2, 0.25) is 0 Å². The summed E-state index contributed by atoms with van der Waals surface area (Å²) in [7, 11) is 0. The van der Waals surface area contributed by atoms with Crippen molar-refractivity contribution >= 4 is 33.7 Å². The maximum Gasteiger partial charge on any atom is 0.336 e. The van der Waals surface area contributed by atoms with E-state index in [1.54, 1.807) is 12.1 Å². The van der Waals surface area contributed by atoms with Crippen LogP contribution in [0.3, 0.4) is 0 Å². The first-order chi connectivity index (χ1) is 10.0. The Morgan fingerprint density at radius 1 is 1.38 bits per heavy atom. The standard InChI is InChI=1S/C14H11BrN2O3S/c15-8-3-4-9(14(19)20)10(5-8)21-12-6-11(18)16-13(17-12)7-1-2-7/h3-7H,1-2H2,(H,19,20)(H,16,17,18). The summed E-state index contributed by atoms with van der Waals surface area (Å²) in [5.74, 6) is 0.0221. The molecule has 1 saturated carbocycles. The second-order valence-corrected chi connectivity index (χ2v) is 6.77. The number of hydrogen-bond donors (Lipinski definition) is 2. The number of rotatable bonds is 4. The Morgan fingerprint density at radius 2 is 2.14 bits per heavy atom. The smallest absolute Gasteiger partial charge is 0.336 e. The Labute approximate surface area is 132 Å². The lowest BCUT2D eigenvalue weighted by Crippen LogP contribution is -2.10. The highest BCUT2D eigenvalue weighted by Crippen LogP contribution is 2.38. The lowest BCUT2D eigenvalue weighted by atomic mass is 10.2. The molecular weight excluding hydrogens is 356 g/mol. The number of hydrogen-bond acceptors (Lipinski definition) is 4. The molecule has 0 bridgehead atoms. The summed E-state index contributed by atoms with van der Waals surface area (Å²) < 4.78 is 0.780. The molecule has 1 heterocycles. The minimum absolute atomic E-state index is 0.193. The van der Waals surface area contributed by atoms with E-state index >= 15 is 0 Å². The van der Waals surface area contributed by atoms with Gasteiger partial charge in [-0.2, -0.15) is 0 Å². The Hall–Kier alpha value is -1.60. The van der Waals surface area contributed by atoms with Crippen molar-refractivity contribution in [3.8, 4) is 0 Å². The number of carboxylic acid groups (broad SMARTS) is 1. The first-order valence-electron chi connectivity index (χ1n) is 6.35. The molecule has 1 aliphatic rings. The summed E-state index contributed by atoms with van der Waals surface area (Å²) in [6.07, 6.45) is 2.07. The van der Waals surface area contributed by atoms with Gasteiger partial charge in [0.15, 0.2) is 0 Å². The number of nitrogens with one attached hydrogen (secondary N) is 1. The van der Waals surface area contributed by atoms with Crippen molar-refractivity contribution in [2.24, 2.45) is 0 Å². The fraction of sp³-hybridized carbons (Fsp3) is 0.214. The van der Waals surface area contributed by atoms with Crippen LogP contribution in [-0.2, 0) is 0 Å². The number of aromatic amines is 1. The number of nitrogens with zero attached hydrogens (tertiary/aromatic N) is 1. The molecule has 1 aliphatic carbocycles. The van der Waals surface area contributed by atoms with Crippen molar-refractivity contribution in [3.63, 3.8) is 0 Å². The molecule has 0 amide bonds. The van der Waals surface area contributed by atoms with Crippen molar-refractivity contribution < 1.29 is 9.90 Å². The summed E-state index contributed by atoms with van der Waals surface area (Å²) in [6, 6.07) is 6.31. The van der Waals surface area contributed by atoms with Gasteiger partial charge in [0.25, 0.3) is 5.56 Å². The molecule has 1 aromatic carbocycles. The molecule has 5 nitrogen and oxygen atoms in total. The van der Waals surface area contributed by atoms with E-state index in [9.17, 15) is 14.7 Å². The molecule has 2 aromatic rings. The zero-order valence-electron chi connectivity index (χ0n) is 10.8. The largest absolute Gasteiger partial charge is 0.478 e. The lowest BCUT2D eigenvalue weighted by Gasteiger charge is -2.07. The summed E-state index contributed by atoms with van der Waals surface area (Å²) in [4.78, 5) is 30.7. The van der Waals surface area contributed by atoms with Crippen molar-refractivity contribution in [1.82, 2.24) is 9.97 Å². The summed E-state index contributed by atoms with van der Waals surface area (Å²) in [5, 5.41) is 9.74. The van der Waals surface area contributed by atoms with Crippen LogP contribution in [0.2, 0.25) is 0 Å². The fourth-order valence-corrected chi connectivity index (χ4v) is 3.42. The van der Waals surface area contributed by atoms with Gasteiger partial charge >= 0.3 is 5.97 Å². The second kappa shape index (κ2) is 5.65. The second-order valence-electron chi connectivity index (χ2n) is 4.79. The summed E-state index contributed by atoms with van der Waals surface area (Å²) in [5.41, 5.74) is -0.0143. The van der Waals surface area contributed by atoms with Crippen LogP contribution in [0.4, 0.5) is 0 Å². The Kier molecular flexibility index (Phi) is 3.86. The van der Waals surface area contributed by atoms with Crippen molar-refractivity contribution in [3.05, 3.63) is 50.5 Å². The first-order valence-corrected chi connectivity index (χ1v) is 7.96. The third-order valence-electron chi connectivity index (χ3n) is 3.09. The van der Waals surface area contributed by atoms with Gasteiger partial charge in [0.05, 0.1) is 5.56 Å². The van der Waals surface area contributed by atoms with Crippen molar-refractivity contribution in [2.45, 2.75) is 28.7 Å². The third-order valence-corrected chi connectivity index (χ3v) is 4.56. The Morgan fingerprint density at radius 3 is 2.81 bits per heavy atom. The monoisotopic (exact) mass is 366 g/mol. The number of carbonyl (C=O) groups is 1. The summed E-state index contributed by atoms with van der Waals surface area (Å²) in [6.45, 7) is 0. The number of aromatic carboxylic acids is 1. The minimum Gasteiger partial charge on any atom is -0.478 e. The van der Waals surface area contributed by atoms with E-state index in [2.05, 4.69) is 25.9 Å². The van der Waals surface area contributed by atoms with E-state index in [4.69, 9.17) is 0 Å². The minimum atomic E-state index is -1.00. The zero-order chi connectivity index (χ0) is 15.0. The van der Waals surface area contributed by atoms with Gasteiger partial charge in [0, 0.05) is 21.4 Å².